The molecule has 1 N–H and O–H groups in total. The topological polar surface area (TPSA) is 29.1 Å². The summed E-state index contributed by atoms with van der Waals surface area (Å²) in [5, 5.41) is 4.87. The van der Waals surface area contributed by atoms with Crippen LogP contribution < -0.4 is 5.32 Å². The number of thiophene rings is 1. The molecule has 0 fully saturated rings. The molecule has 1 aliphatic rings. The van der Waals surface area contributed by atoms with Crippen molar-refractivity contribution in [2.45, 2.75) is 12.3 Å². The predicted molar refractivity (Wildman–Crippen MR) is 91.2 cm³/mol. The SMILES string of the molecule is O=C1C[C@@H](c2ccccc2)c2scc(-c3ccccc3F)c2N1. The minimum absolute atomic E-state index is 0.0256. The van der Waals surface area contributed by atoms with Gasteiger partial charge in [-0.25, -0.2) is 4.39 Å². The predicted octanol–water partition coefficient (Wildman–Crippen LogP) is 5.03. The molecule has 2 heterocycles. The highest BCUT2D eigenvalue weighted by molar-refractivity contribution is 7.11. The molecule has 0 saturated heterocycles. The van der Waals surface area contributed by atoms with Crippen LogP contribution in [0.3, 0.4) is 0 Å². The average molecular weight is 323 g/mol. The normalized spacial score (nSPS) is 16.7. The van der Waals surface area contributed by atoms with Gasteiger partial charge in [-0.05, 0) is 11.6 Å². The van der Waals surface area contributed by atoms with Crippen LogP contribution in [0.5, 0.6) is 0 Å². The number of fused-ring (bicyclic) bond motifs is 1. The van der Waals surface area contributed by atoms with Gasteiger partial charge in [0, 0.05) is 33.7 Å². The number of carbonyl (C=O) groups is 1. The van der Waals surface area contributed by atoms with Gasteiger partial charge in [-0.15, -0.1) is 11.3 Å². The van der Waals surface area contributed by atoms with Crippen LogP contribution >= 0.6 is 11.3 Å². The molecule has 4 heteroatoms. The largest absolute Gasteiger partial charge is 0.325 e. The lowest BCUT2D eigenvalue weighted by molar-refractivity contribution is -0.116. The fourth-order valence-corrected chi connectivity index (χ4v) is 4.21. The number of halogens is 1. The first-order chi connectivity index (χ1) is 11.2. The first-order valence-electron chi connectivity index (χ1n) is 7.45. The van der Waals surface area contributed by atoms with Crippen LogP contribution in [-0.4, -0.2) is 5.91 Å². The first-order valence-corrected chi connectivity index (χ1v) is 8.33. The maximum absolute atomic E-state index is 14.1. The maximum Gasteiger partial charge on any atom is 0.225 e. The number of rotatable bonds is 2. The van der Waals surface area contributed by atoms with E-state index in [1.165, 1.54) is 6.07 Å². The van der Waals surface area contributed by atoms with Crippen molar-refractivity contribution in [2.75, 3.05) is 5.32 Å². The number of hydrogen-bond donors (Lipinski definition) is 1. The molecule has 1 aromatic heterocycles. The van der Waals surface area contributed by atoms with Gasteiger partial charge in [0.2, 0.25) is 5.91 Å². The summed E-state index contributed by atoms with van der Waals surface area (Å²) < 4.78 is 14.1. The zero-order chi connectivity index (χ0) is 15.8. The van der Waals surface area contributed by atoms with Crippen LogP contribution in [0.1, 0.15) is 22.8 Å². The molecule has 1 amide bonds. The monoisotopic (exact) mass is 323 g/mol. The third-order valence-electron chi connectivity index (χ3n) is 4.16. The Kier molecular flexibility index (Phi) is 3.46. The Hall–Kier alpha value is -2.46. The van der Waals surface area contributed by atoms with E-state index in [2.05, 4.69) is 5.32 Å². The standard InChI is InChI=1S/C19H14FNOS/c20-16-9-5-4-8-13(16)15-11-23-19-14(10-17(22)21-18(15)19)12-6-2-1-3-7-12/h1-9,11,14H,10H2,(H,21,22)/t14-/m0/s1. The van der Waals surface area contributed by atoms with Gasteiger partial charge in [0.25, 0.3) is 0 Å². The first kappa shape index (κ1) is 14.2. The summed E-state index contributed by atoms with van der Waals surface area (Å²) in [7, 11) is 0. The fraction of sp³-hybridized carbons (Fsp3) is 0.105. The van der Waals surface area contributed by atoms with Crippen molar-refractivity contribution in [3.63, 3.8) is 0 Å². The highest BCUT2D eigenvalue weighted by atomic mass is 32.1. The molecule has 0 radical (unpaired) electrons. The lowest BCUT2D eigenvalue weighted by atomic mass is 9.89. The van der Waals surface area contributed by atoms with E-state index < -0.39 is 0 Å². The van der Waals surface area contributed by atoms with Crippen molar-refractivity contribution < 1.29 is 9.18 Å². The van der Waals surface area contributed by atoms with Crippen molar-refractivity contribution in [1.82, 2.24) is 0 Å². The van der Waals surface area contributed by atoms with Crippen LogP contribution in [-0.2, 0) is 4.79 Å². The van der Waals surface area contributed by atoms with E-state index in [0.29, 0.717) is 12.0 Å². The molecule has 0 saturated carbocycles. The van der Waals surface area contributed by atoms with Crippen molar-refractivity contribution in [2.24, 2.45) is 0 Å². The number of hydrogen-bond acceptors (Lipinski definition) is 2. The Bertz CT molecular complexity index is 872. The van der Waals surface area contributed by atoms with Gasteiger partial charge < -0.3 is 5.32 Å². The highest BCUT2D eigenvalue weighted by Gasteiger charge is 2.30. The Morgan fingerprint density at radius 2 is 1.74 bits per heavy atom. The summed E-state index contributed by atoms with van der Waals surface area (Å²) in [5.74, 6) is -0.267. The molecule has 2 nitrogen and oxygen atoms in total. The van der Waals surface area contributed by atoms with Crippen molar-refractivity contribution in [1.29, 1.82) is 0 Å². The molecule has 0 aliphatic carbocycles. The second-order valence-electron chi connectivity index (χ2n) is 5.58. The van der Waals surface area contributed by atoms with Gasteiger partial charge in [0.1, 0.15) is 5.82 Å². The molecule has 114 valence electrons. The summed E-state index contributed by atoms with van der Waals surface area (Å²) in [6.45, 7) is 0. The summed E-state index contributed by atoms with van der Waals surface area (Å²) in [4.78, 5) is 13.3. The summed E-state index contributed by atoms with van der Waals surface area (Å²) in [5.41, 5.74) is 3.16. The van der Waals surface area contributed by atoms with Gasteiger partial charge in [-0.1, -0.05) is 48.5 Å². The smallest absolute Gasteiger partial charge is 0.225 e. The van der Waals surface area contributed by atoms with Gasteiger partial charge >= 0.3 is 0 Å². The van der Waals surface area contributed by atoms with Gasteiger partial charge in [0.15, 0.2) is 0 Å². The molecular formula is C19H14FNOS. The Morgan fingerprint density at radius 3 is 2.52 bits per heavy atom. The minimum Gasteiger partial charge on any atom is -0.325 e. The third kappa shape index (κ3) is 2.45. The lowest BCUT2D eigenvalue weighted by Crippen LogP contribution is -2.22. The molecule has 1 atom stereocenters. The Balaban J connectivity index is 1.85. The fourth-order valence-electron chi connectivity index (χ4n) is 3.06. The van der Waals surface area contributed by atoms with Crippen LogP contribution in [0.15, 0.2) is 60.0 Å². The molecular weight excluding hydrogens is 309 g/mol. The van der Waals surface area contributed by atoms with Gasteiger partial charge in [-0.3, -0.25) is 4.79 Å². The molecule has 0 unspecified atom stereocenters. The van der Waals surface area contributed by atoms with E-state index in [0.717, 1.165) is 21.7 Å². The quantitative estimate of drug-likeness (QED) is 0.704. The summed E-state index contributed by atoms with van der Waals surface area (Å²) in [6.07, 6.45) is 0.425. The molecule has 0 spiro atoms. The second-order valence-corrected chi connectivity index (χ2v) is 6.50. The number of amides is 1. The molecule has 2 aromatic carbocycles. The van der Waals surface area contributed by atoms with E-state index >= 15 is 0 Å². The van der Waals surface area contributed by atoms with Crippen LogP contribution in [0.4, 0.5) is 10.1 Å². The summed E-state index contributed by atoms with van der Waals surface area (Å²) >= 11 is 1.58. The number of benzene rings is 2. The van der Waals surface area contributed by atoms with Crippen molar-refractivity contribution in [3.05, 3.63) is 76.2 Å². The van der Waals surface area contributed by atoms with E-state index in [4.69, 9.17) is 0 Å². The average Bonchev–Trinajstić information content (AvgIpc) is 2.99. The van der Waals surface area contributed by atoms with E-state index in [-0.39, 0.29) is 17.6 Å². The number of nitrogens with one attached hydrogen (secondary N) is 1. The van der Waals surface area contributed by atoms with Gasteiger partial charge in [-0.2, -0.15) is 0 Å². The van der Waals surface area contributed by atoms with E-state index in [1.807, 2.05) is 41.8 Å². The molecule has 23 heavy (non-hydrogen) atoms. The zero-order valence-electron chi connectivity index (χ0n) is 12.3. The van der Waals surface area contributed by atoms with E-state index in [1.54, 1.807) is 23.5 Å². The van der Waals surface area contributed by atoms with Crippen LogP contribution in [0.25, 0.3) is 11.1 Å². The van der Waals surface area contributed by atoms with Crippen molar-refractivity contribution >= 4 is 22.9 Å². The van der Waals surface area contributed by atoms with Gasteiger partial charge in [0.05, 0.1) is 5.69 Å². The zero-order valence-corrected chi connectivity index (χ0v) is 13.1. The molecule has 4 rings (SSSR count). The molecule has 0 bridgehead atoms. The Morgan fingerprint density at radius 1 is 1.00 bits per heavy atom. The van der Waals surface area contributed by atoms with E-state index in [9.17, 15) is 9.18 Å². The summed E-state index contributed by atoms with van der Waals surface area (Å²) in [6, 6.07) is 16.7. The number of anilines is 1. The Labute approximate surface area is 137 Å². The lowest BCUT2D eigenvalue weighted by Gasteiger charge is -2.24. The second kappa shape index (κ2) is 5.63. The van der Waals surface area contributed by atoms with Crippen LogP contribution in [0, 0.1) is 5.82 Å². The molecule has 3 aromatic rings. The van der Waals surface area contributed by atoms with Crippen LogP contribution in [0.2, 0.25) is 0 Å². The minimum atomic E-state index is -0.274. The third-order valence-corrected chi connectivity index (χ3v) is 5.25. The maximum atomic E-state index is 14.1. The molecule has 1 aliphatic heterocycles. The highest BCUT2D eigenvalue weighted by Crippen LogP contribution is 2.46. The number of carbonyl (C=O) groups excluding carboxylic acids is 1. The van der Waals surface area contributed by atoms with Crippen molar-refractivity contribution in [3.8, 4) is 11.1 Å².